The normalized spacial score (nSPS) is 13.5. The number of halogens is 1. The number of hydrogen-bond donors (Lipinski definition) is 0. The van der Waals surface area contributed by atoms with Gasteiger partial charge in [-0.2, -0.15) is 0 Å². The Hall–Kier alpha value is -0.500. The van der Waals surface area contributed by atoms with Gasteiger partial charge in [0.15, 0.2) is 0 Å². The van der Waals surface area contributed by atoms with Gasteiger partial charge in [0.05, 0.1) is 6.34 Å². The highest BCUT2D eigenvalue weighted by atomic mass is 35.5. The van der Waals surface area contributed by atoms with E-state index < -0.39 is 0 Å². The average Bonchev–Trinajstić information content (AvgIpc) is 1.98. The van der Waals surface area contributed by atoms with Crippen LogP contribution in [0, 0.1) is 0 Å². The maximum atomic E-state index is 5.83. The Labute approximate surface area is 73.6 Å². The highest BCUT2D eigenvalue weighted by Gasteiger charge is 1.92. The third-order valence-corrected chi connectivity index (χ3v) is 1.70. The Morgan fingerprint density at radius 1 is 1.55 bits per heavy atom. The van der Waals surface area contributed by atoms with E-state index in [9.17, 15) is 0 Å². The summed E-state index contributed by atoms with van der Waals surface area (Å²) in [5.41, 5.74) is 1.12. The van der Waals surface area contributed by atoms with Gasteiger partial charge in [0.1, 0.15) is 5.16 Å². The second kappa shape index (κ2) is 5.19. The van der Waals surface area contributed by atoms with Crippen molar-refractivity contribution in [2.75, 3.05) is 14.1 Å². The molecule has 0 aromatic carbocycles. The maximum absolute atomic E-state index is 5.83. The van der Waals surface area contributed by atoms with Crippen molar-refractivity contribution < 1.29 is 0 Å². The van der Waals surface area contributed by atoms with Crippen molar-refractivity contribution in [3.63, 3.8) is 0 Å². The summed E-state index contributed by atoms with van der Waals surface area (Å²) in [5, 5.41) is 0.598. The van der Waals surface area contributed by atoms with Crippen molar-refractivity contribution >= 4 is 17.9 Å². The molecule has 0 N–H and O–H groups in total. The fraction of sp³-hybridized carbons (Fsp3) is 0.625. The third-order valence-electron chi connectivity index (χ3n) is 1.28. The summed E-state index contributed by atoms with van der Waals surface area (Å²) in [6, 6.07) is 0. The minimum absolute atomic E-state index is 0.598. The minimum Gasteiger partial charge on any atom is -0.369 e. The Kier molecular flexibility index (Phi) is 4.95. The first-order valence-electron chi connectivity index (χ1n) is 3.63. The maximum Gasteiger partial charge on any atom is 0.129 e. The SMILES string of the molecule is CCC(C)=C(Cl)N=CN(C)C. The monoisotopic (exact) mass is 174 g/mol. The molecule has 2 nitrogen and oxygen atoms in total. The van der Waals surface area contributed by atoms with Gasteiger partial charge in [0, 0.05) is 14.1 Å². The number of allylic oxidation sites excluding steroid dienone is 1. The summed E-state index contributed by atoms with van der Waals surface area (Å²) in [7, 11) is 3.82. The fourth-order valence-electron chi connectivity index (χ4n) is 0.422. The molecule has 0 heterocycles. The van der Waals surface area contributed by atoms with Gasteiger partial charge in [-0.25, -0.2) is 4.99 Å². The molecule has 0 radical (unpaired) electrons. The highest BCUT2D eigenvalue weighted by molar-refractivity contribution is 6.30. The van der Waals surface area contributed by atoms with Gasteiger partial charge in [0.2, 0.25) is 0 Å². The van der Waals surface area contributed by atoms with Crippen LogP contribution in [0.3, 0.4) is 0 Å². The van der Waals surface area contributed by atoms with Crippen LogP contribution in [0.4, 0.5) is 0 Å². The lowest BCUT2D eigenvalue weighted by Gasteiger charge is -2.02. The zero-order chi connectivity index (χ0) is 8.85. The molecular weight excluding hydrogens is 160 g/mol. The molecule has 64 valence electrons. The molecule has 0 aliphatic rings. The van der Waals surface area contributed by atoms with Crippen molar-refractivity contribution in [3.05, 3.63) is 10.7 Å². The number of nitrogens with zero attached hydrogens (tertiary/aromatic N) is 2. The lowest BCUT2D eigenvalue weighted by molar-refractivity contribution is 0.642. The van der Waals surface area contributed by atoms with Crippen LogP contribution in [0.25, 0.3) is 0 Å². The Balaban J connectivity index is 4.15. The molecule has 0 fully saturated rings. The predicted octanol–water partition coefficient (Wildman–Crippen LogP) is 2.46. The molecule has 0 aliphatic carbocycles. The van der Waals surface area contributed by atoms with Crippen molar-refractivity contribution in [1.29, 1.82) is 0 Å². The van der Waals surface area contributed by atoms with Crippen LogP contribution in [-0.4, -0.2) is 25.3 Å². The van der Waals surface area contributed by atoms with Crippen LogP contribution in [0.5, 0.6) is 0 Å². The zero-order valence-electron chi connectivity index (χ0n) is 7.56. The van der Waals surface area contributed by atoms with E-state index in [-0.39, 0.29) is 0 Å². The second-order valence-electron chi connectivity index (χ2n) is 2.63. The van der Waals surface area contributed by atoms with Crippen molar-refractivity contribution in [1.82, 2.24) is 4.90 Å². The largest absolute Gasteiger partial charge is 0.369 e. The molecule has 11 heavy (non-hydrogen) atoms. The molecule has 0 rings (SSSR count). The number of hydrogen-bond acceptors (Lipinski definition) is 1. The first-order chi connectivity index (χ1) is 5.07. The first kappa shape index (κ1) is 10.5. The van der Waals surface area contributed by atoms with E-state index in [2.05, 4.69) is 11.9 Å². The van der Waals surface area contributed by atoms with Crippen LogP contribution in [-0.2, 0) is 0 Å². The van der Waals surface area contributed by atoms with E-state index >= 15 is 0 Å². The average molecular weight is 175 g/mol. The van der Waals surface area contributed by atoms with Crippen molar-refractivity contribution in [3.8, 4) is 0 Å². The van der Waals surface area contributed by atoms with E-state index in [1.54, 1.807) is 6.34 Å². The molecule has 0 saturated carbocycles. The van der Waals surface area contributed by atoms with Crippen molar-refractivity contribution in [2.24, 2.45) is 4.99 Å². The molecule has 3 heteroatoms. The molecule has 0 saturated heterocycles. The van der Waals surface area contributed by atoms with Crippen LogP contribution in [0.15, 0.2) is 15.7 Å². The van der Waals surface area contributed by atoms with Gasteiger partial charge in [-0.1, -0.05) is 18.5 Å². The number of aliphatic imine (C=N–C) groups is 1. The first-order valence-corrected chi connectivity index (χ1v) is 4.01. The summed E-state index contributed by atoms with van der Waals surface area (Å²) >= 11 is 5.83. The molecule has 0 spiro atoms. The zero-order valence-corrected chi connectivity index (χ0v) is 8.31. The topological polar surface area (TPSA) is 15.6 Å². The van der Waals surface area contributed by atoms with E-state index in [4.69, 9.17) is 11.6 Å². The Morgan fingerprint density at radius 2 is 2.09 bits per heavy atom. The van der Waals surface area contributed by atoms with E-state index in [1.807, 2.05) is 25.9 Å². The van der Waals surface area contributed by atoms with E-state index in [1.165, 1.54) is 0 Å². The summed E-state index contributed by atoms with van der Waals surface area (Å²) in [4.78, 5) is 5.89. The lowest BCUT2D eigenvalue weighted by Crippen LogP contribution is -2.07. The lowest BCUT2D eigenvalue weighted by atomic mass is 10.3. The standard InChI is InChI=1S/C8H15ClN2/c1-5-7(2)8(9)10-6-11(3)4/h6H,5H2,1-4H3. The molecule has 0 aromatic heterocycles. The van der Waals surface area contributed by atoms with Crippen molar-refractivity contribution in [2.45, 2.75) is 20.3 Å². The van der Waals surface area contributed by atoms with E-state index in [0.29, 0.717) is 5.16 Å². The molecule has 0 unspecified atom stereocenters. The smallest absolute Gasteiger partial charge is 0.129 e. The molecule has 0 aromatic rings. The van der Waals surface area contributed by atoms with Crippen LogP contribution in [0.2, 0.25) is 0 Å². The van der Waals surface area contributed by atoms with Gasteiger partial charge < -0.3 is 4.90 Å². The van der Waals surface area contributed by atoms with Gasteiger partial charge in [0.25, 0.3) is 0 Å². The summed E-state index contributed by atoms with van der Waals surface area (Å²) in [5.74, 6) is 0. The molecule has 0 amide bonds. The molecule has 0 atom stereocenters. The molecule has 0 aliphatic heterocycles. The second-order valence-corrected chi connectivity index (χ2v) is 2.99. The Bertz CT molecular complexity index is 171. The molecular formula is C8H15ClN2. The fourth-order valence-corrected chi connectivity index (χ4v) is 0.599. The van der Waals surface area contributed by atoms with Crippen LogP contribution >= 0.6 is 11.6 Å². The summed E-state index contributed by atoms with van der Waals surface area (Å²) in [6.45, 7) is 4.04. The van der Waals surface area contributed by atoms with Gasteiger partial charge in [-0.05, 0) is 18.9 Å². The Morgan fingerprint density at radius 3 is 2.45 bits per heavy atom. The predicted molar refractivity (Wildman–Crippen MR) is 51.0 cm³/mol. The summed E-state index contributed by atoms with van der Waals surface area (Å²) < 4.78 is 0. The van der Waals surface area contributed by atoms with Crippen LogP contribution in [0.1, 0.15) is 20.3 Å². The van der Waals surface area contributed by atoms with E-state index in [0.717, 1.165) is 12.0 Å². The number of rotatable bonds is 3. The van der Waals surface area contributed by atoms with Crippen LogP contribution < -0.4 is 0 Å². The summed E-state index contributed by atoms with van der Waals surface area (Å²) in [6.07, 6.45) is 2.64. The van der Waals surface area contributed by atoms with Gasteiger partial charge in [-0.3, -0.25) is 0 Å². The van der Waals surface area contributed by atoms with Gasteiger partial charge >= 0.3 is 0 Å². The quantitative estimate of drug-likeness (QED) is 0.365. The minimum atomic E-state index is 0.598. The van der Waals surface area contributed by atoms with Gasteiger partial charge in [-0.15, -0.1) is 0 Å². The highest BCUT2D eigenvalue weighted by Crippen LogP contribution is 2.12. The molecule has 0 bridgehead atoms. The third kappa shape index (κ3) is 4.85.